The van der Waals surface area contributed by atoms with Crippen molar-refractivity contribution in [2.45, 2.75) is 26.7 Å². The number of hydrogen-bond donors (Lipinski definition) is 0. The lowest BCUT2D eigenvalue weighted by atomic mass is 10.0. The van der Waals surface area contributed by atoms with Crippen molar-refractivity contribution in [2.75, 3.05) is 0 Å². The van der Waals surface area contributed by atoms with Gasteiger partial charge >= 0.3 is 0 Å². The molecule has 14 heavy (non-hydrogen) atoms. The van der Waals surface area contributed by atoms with E-state index in [0.29, 0.717) is 4.49 Å². The third-order valence-corrected chi connectivity index (χ3v) is 2.55. The third-order valence-electron chi connectivity index (χ3n) is 2.09. The summed E-state index contributed by atoms with van der Waals surface area (Å²) in [5.74, 6) is 0. The van der Waals surface area contributed by atoms with E-state index in [4.69, 9.17) is 23.2 Å². The molecule has 1 aromatic rings. The molecule has 2 heteroatoms. The van der Waals surface area contributed by atoms with E-state index >= 15 is 0 Å². The quantitative estimate of drug-likeness (QED) is 0.688. The Morgan fingerprint density at radius 2 is 2.00 bits per heavy atom. The van der Waals surface area contributed by atoms with Gasteiger partial charge in [-0.15, -0.1) is 0 Å². The molecular weight excluding hydrogens is 215 g/mol. The maximum atomic E-state index is 5.85. The fourth-order valence-corrected chi connectivity index (χ4v) is 1.84. The first kappa shape index (κ1) is 11.6. The van der Waals surface area contributed by atoms with Crippen molar-refractivity contribution in [2.24, 2.45) is 0 Å². The van der Waals surface area contributed by atoms with Gasteiger partial charge in [-0.1, -0.05) is 66.4 Å². The summed E-state index contributed by atoms with van der Waals surface area (Å²) in [6.07, 6.45) is 1.97. The van der Waals surface area contributed by atoms with E-state index in [0.717, 1.165) is 24.0 Å². The SMILES string of the molecule is CCCC(=C(Cl)Cl)c1cccc(C)c1. The molecule has 0 aromatic heterocycles. The molecule has 0 aliphatic rings. The highest BCUT2D eigenvalue weighted by molar-refractivity contribution is 6.58. The van der Waals surface area contributed by atoms with E-state index in [1.165, 1.54) is 5.56 Å². The number of hydrogen-bond acceptors (Lipinski definition) is 0. The van der Waals surface area contributed by atoms with Gasteiger partial charge in [0.2, 0.25) is 0 Å². The Morgan fingerprint density at radius 3 is 2.50 bits per heavy atom. The van der Waals surface area contributed by atoms with Crippen LogP contribution in [0.25, 0.3) is 5.57 Å². The second-order valence-corrected chi connectivity index (χ2v) is 4.31. The lowest BCUT2D eigenvalue weighted by Gasteiger charge is -2.07. The molecule has 0 aliphatic carbocycles. The third kappa shape index (κ3) is 3.04. The number of allylic oxidation sites excluding steroid dienone is 1. The first-order chi connectivity index (χ1) is 6.65. The molecule has 0 nitrogen and oxygen atoms in total. The average Bonchev–Trinajstić information content (AvgIpc) is 2.13. The van der Waals surface area contributed by atoms with Crippen LogP contribution in [0.15, 0.2) is 28.8 Å². The summed E-state index contributed by atoms with van der Waals surface area (Å²) < 4.78 is 0.387. The predicted molar refractivity (Wildman–Crippen MR) is 64.7 cm³/mol. The summed E-state index contributed by atoms with van der Waals surface area (Å²) in [4.78, 5) is 0. The second-order valence-electron chi connectivity index (χ2n) is 3.36. The largest absolute Gasteiger partial charge is 0.110 e. The maximum Gasteiger partial charge on any atom is 0.110 e. The minimum atomic E-state index is 0.387. The number of benzene rings is 1. The van der Waals surface area contributed by atoms with Crippen LogP contribution < -0.4 is 0 Å². The Kier molecular flexibility index (Phi) is 4.50. The van der Waals surface area contributed by atoms with Crippen molar-refractivity contribution in [3.63, 3.8) is 0 Å². The van der Waals surface area contributed by atoms with E-state index in [1.807, 2.05) is 12.1 Å². The highest BCUT2D eigenvalue weighted by Crippen LogP contribution is 2.28. The van der Waals surface area contributed by atoms with Crippen molar-refractivity contribution in [1.82, 2.24) is 0 Å². The number of rotatable bonds is 3. The molecule has 0 fully saturated rings. The van der Waals surface area contributed by atoms with Gasteiger partial charge < -0.3 is 0 Å². The Balaban J connectivity index is 3.06. The summed E-state index contributed by atoms with van der Waals surface area (Å²) in [5, 5.41) is 0. The van der Waals surface area contributed by atoms with E-state index in [2.05, 4.69) is 26.0 Å². The lowest BCUT2D eigenvalue weighted by Crippen LogP contribution is -1.86. The summed E-state index contributed by atoms with van der Waals surface area (Å²) in [5.41, 5.74) is 3.40. The molecule has 0 spiro atoms. The topological polar surface area (TPSA) is 0 Å². The summed E-state index contributed by atoms with van der Waals surface area (Å²) in [7, 11) is 0. The van der Waals surface area contributed by atoms with Crippen molar-refractivity contribution >= 4 is 28.8 Å². The minimum Gasteiger partial charge on any atom is -0.0706 e. The molecule has 0 unspecified atom stereocenters. The molecule has 0 atom stereocenters. The van der Waals surface area contributed by atoms with Crippen molar-refractivity contribution in [3.05, 3.63) is 39.9 Å². The zero-order valence-electron chi connectivity index (χ0n) is 8.48. The lowest BCUT2D eigenvalue weighted by molar-refractivity contribution is 0.973. The fraction of sp³-hybridized carbons (Fsp3) is 0.333. The van der Waals surface area contributed by atoms with Crippen LogP contribution in [0.2, 0.25) is 0 Å². The van der Waals surface area contributed by atoms with Gasteiger partial charge in [-0.2, -0.15) is 0 Å². The molecule has 0 radical (unpaired) electrons. The van der Waals surface area contributed by atoms with Crippen molar-refractivity contribution in [3.8, 4) is 0 Å². The van der Waals surface area contributed by atoms with Crippen LogP contribution in [0.5, 0.6) is 0 Å². The van der Waals surface area contributed by atoms with Gasteiger partial charge in [0, 0.05) is 0 Å². The summed E-state index contributed by atoms with van der Waals surface area (Å²) >= 11 is 11.7. The highest BCUT2D eigenvalue weighted by atomic mass is 35.5. The minimum absolute atomic E-state index is 0.387. The first-order valence-electron chi connectivity index (χ1n) is 4.76. The molecule has 0 aliphatic heterocycles. The Bertz CT molecular complexity index is 336. The van der Waals surface area contributed by atoms with Gasteiger partial charge in [-0.05, 0) is 24.5 Å². The zero-order valence-corrected chi connectivity index (χ0v) is 9.99. The molecule has 0 bridgehead atoms. The molecular formula is C12H14Cl2. The molecule has 0 N–H and O–H groups in total. The van der Waals surface area contributed by atoms with Gasteiger partial charge in [-0.25, -0.2) is 0 Å². The Hall–Kier alpha value is -0.460. The molecule has 1 rings (SSSR count). The van der Waals surface area contributed by atoms with Gasteiger partial charge in [0.15, 0.2) is 0 Å². The Labute approximate surface area is 95.5 Å². The van der Waals surface area contributed by atoms with Crippen LogP contribution >= 0.6 is 23.2 Å². The maximum absolute atomic E-state index is 5.85. The van der Waals surface area contributed by atoms with Gasteiger partial charge in [-0.3, -0.25) is 0 Å². The molecule has 0 heterocycles. The van der Waals surface area contributed by atoms with E-state index in [9.17, 15) is 0 Å². The van der Waals surface area contributed by atoms with E-state index < -0.39 is 0 Å². The van der Waals surface area contributed by atoms with Crippen LogP contribution in [0.4, 0.5) is 0 Å². The van der Waals surface area contributed by atoms with Gasteiger partial charge in [0.05, 0.1) is 0 Å². The number of halogens is 2. The van der Waals surface area contributed by atoms with Crippen LogP contribution in [0.1, 0.15) is 30.9 Å². The zero-order chi connectivity index (χ0) is 10.6. The molecule has 0 amide bonds. The summed E-state index contributed by atoms with van der Waals surface area (Å²) in [6, 6.07) is 8.24. The van der Waals surface area contributed by atoms with Crippen LogP contribution in [0.3, 0.4) is 0 Å². The van der Waals surface area contributed by atoms with E-state index in [-0.39, 0.29) is 0 Å². The second kappa shape index (κ2) is 5.43. The summed E-state index contributed by atoms with van der Waals surface area (Å²) in [6.45, 7) is 4.18. The van der Waals surface area contributed by atoms with Crippen molar-refractivity contribution in [1.29, 1.82) is 0 Å². The van der Waals surface area contributed by atoms with Crippen molar-refractivity contribution < 1.29 is 0 Å². The monoisotopic (exact) mass is 228 g/mol. The molecule has 1 aromatic carbocycles. The molecule has 76 valence electrons. The smallest absolute Gasteiger partial charge is 0.0706 e. The first-order valence-corrected chi connectivity index (χ1v) is 5.52. The number of aryl methyl sites for hydroxylation is 1. The molecule has 0 saturated heterocycles. The van der Waals surface area contributed by atoms with Crippen LogP contribution in [-0.4, -0.2) is 0 Å². The average molecular weight is 229 g/mol. The van der Waals surface area contributed by atoms with Crippen LogP contribution in [-0.2, 0) is 0 Å². The molecule has 0 saturated carbocycles. The van der Waals surface area contributed by atoms with E-state index in [1.54, 1.807) is 0 Å². The normalized spacial score (nSPS) is 10.0. The van der Waals surface area contributed by atoms with Gasteiger partial charge in [0.25, 0.3) is 0 Å². The Morgan fingerprint density at radius 1 is 1.29 bits per heavy atom. The highest BCUT2D eigenvalue weighted by Gasteiger charge is 2.05. The van der Waals surface area contributed by atoms with Gasteiger partial charge in [0.1, 0.15) is 4.49 Å². The standard InChI is InChI=1S/C12H14Cl2/c1-3-5-11(12(13)14)10-7-4-6-9(2)8-10/h4,6-8H,3,5H2,1-2H3. The van der Waals surface area contributed by atoms with Crippen LogP contribution in [0, 0.1) is 6.92 Å². The fourth-order valence-electron chi connectivity index (χ4n) is 1.43. The predicted octanol–water partition coefficient (Wildman–Crippen LogP) is 4.94.